The van der Waals surface area contributed by atoms with Gasteiger partial charge in [0.1, 0.15) is 11.5 Å². The summed E-state index contributed by atoms with van der Waals surface area (Å²) in [4.78, 5) is 24.7. The molecule has 4 aromatic rings. The molecule has 0 spiro atoms. The van der Waals surface area contributed by atoms with Crippen LogP contribution in [0.1, 0.15) is 23.0 Å². The number of carbonyl (C=O) groups is 1. The zero-order chi connectivity index (χ0) is 24.5. The number of nitrogens with zero attached hydrogens (tertiary/aromatic N) is 1. The first-order valence-corrected chi connectivity index (χ1v) is 11.7. The monoisotopic (exact) mass is 479 g/mol. The van der Waals surface area contributed by atoms with Crippen LogP contribution in [0.5, 0.6) is 0 Å². The second kappa shape index (κ2) is 9.00. The predicted octanol–water partition coefficient (Wildman–Crippen LogP) is 1.49. The van der Waals surface area contributed by atoms with Crippen molar-refractivity contribution < 1.29 is 22.4 Å². The Bertz CT molecular complexity index is 1630. The number of H-pyrrole nitrogens is 1. The number of aromatic nitrogens is 2. The Morgan fingerprint density at radius 1 is 1.12 bits per heavy atom. The van der Waals surface area contributed by atoms with Crippen LogP contribution in [0.4, 0.5) is 0 Å². The van der Waals surface area contributed by atoms with Crippen LogP contribution < -0.4 is 21.3 Å². The van der Waals surface area contributed by atoms with E-state index in [0.717, 1.165) is 5.56 Å². The van der Waals surface area contributed by atoms with Crippen molar-refractivity contribution in [2.24, 2.45) is 5.14 Å². The van der Waals surface area contributed by atoms with Crippen LogP contribution in [0.15, 0.2) is 74.8 Å². The molecular weight excluding hydrogens is 458 g/mol. The number of carbonyl (C=O) groups excluding carboxylic acids is 1. The van der Waals surface area contributed by atoms with Gasteiger partial charge in [-0.1, -0.05) is 18.7 Å². The van der Waals surface area contributed by atoms with E-state index < -0.39 is 16.0 Å². The molecule has 0 saturated carbocycles. The minimum Gasteiger partial charge on any atom is -0.462 e. The van der Waals surface area contributed by atoms with Gasteiger partial charge >= 0.3 is 5.97 Å². The molecule has 0 aliphatic rings. The van der Waals surface area contributed by atoms with Gasteiger partial charge in [0.05, 0.1) is 33.3 Å². The fraction of sp³-hybridized carbons (Fsp3) is 0.0833. The number of aromatic amines is 1. The predicted molar refractivity (Wildman–Crippen MR) is 126 cm³/mol. The first kappa shape index (κ1) is 23.0. The Balaban J connectivity index is 1.64. The summed E-state index contributed by atoms with van der Waals surface area (Å²) in [6, 6.07) is 15.8. The number of hydrogen-bond donors (Lipinski definition) is 2. The van der Waals surface area contributed by atoms with E-state index in [2.05, 4.69) is 11.7 Å². The van der Waals surface area contributed by atoms with Gasteiger partial charge in [-0.05, 0) is 61.5 Å². The third kappa shape index (κ3) is 4.63. The molecule has 0 fully saturated rings. The fourth-order valence-corrected chi connectivity index (χ4v) is 3.84. The van der Waals surface area contributed by atoms with Gasteiger partial charge < -0.3 is 9.15 Å². The number of ether oxygens (including phenoxy) is 1. The van der Waals surface area contributed by atoms with E-state index in [4.69, 9.17) is 14.3 Å². The Morgan fingerprint density at radius 2 is 1.79 bits per heavy atom. The molecule has 0 aliphatic carbocycles. The van der Waals surface area contributed by atoms with Crippen LogP contribution in [-0.2, 0) is 14.8 Å². The van der Waals surface area contributed by atoms with Crippen molar-refractivity contribution in [1.29, 1.82) is 0 Å². The van der Waals surface area contributed by atoms with Gasteiger partial charge in [-0.3, -0.25) is 9.89 Å². The van der Waals surface area contributed by atoms with E-state index in [0.29, 0.717) is 34.7 Å². The first-order chi connectivity index (χ1) is 16.2. The number of sulfonamides is 1. The number of nitrogens with one attached hydrogen (secondary N) is 1. The molecule has 0 saturated heterocycles. The SMILES string of the molecule is C=c1[nH]n(-c2ccc(S(N)(=O)=O)cc2)c(=O)/c1=C/c1ccc(-c2ccc(C(=O)OCC)cc2)o1. The highest BCUT2D eigenvalue weighted by Gasteiger charge is 2.11. The maximum Gasteiger partial charge on any atom is 0.338 e. The van der Waals surface area contributed by atoms with E-state index in [-0.39, 0.29) is 15.7 Å². The van der Waals surface area contributed by atoms with Crippen LogP contribution in [0.2, 0.25) is 0 Å². The number of rotatable bonds is 6. The van der Waals surface area contributed by atoms with Crippen molar-refractivity contribution in [2.45, 2.75) is 11.8 Å². The van der Waals surface area contributed by atoms with Crippen LogP contribution in [0, 0.1) is 0 Å². The molecule has 0 atom stereocenters. The highest BCUT2D eigenvalue weighted by atomic mass is 32.2. The number of nitrogens with two attached hydrogens (primary N) is 1. The minimum absolute atomic E-state index is 0.0594. The number of benzene rings is 2. The van der Waals surface area contributed by atoms with E-state index in [9.17, 15) is 18.0 Å². The molecule has 10 heteroatoms. The molecule has 0 unspecified atom stereocenters. The van der Waals surface area contributed by atoms with Gasteiger partial charge in [-0.2, -0.15) is 0 Å². The largest absolute Gasteiger partial charge is 0.462 e. The van der Waals surface area contributed by atoms with Crippen molar-refractivity contribution in [1.82, 2.24) is 9.78 Å². The fourth-order valence-electron chi connectivity index (χ4n) is 3.32. The summed E-state index contributed by atoms with van der Waals surface area (Å²) in [6.45, 7) is 5.92. The summed E-state index contributed by atoms with van der Waals surface area (Å²) in [5.41, 5.74) is 1.23. The molecule has 9 nitrogen and oxygen atoms in total. The molecule has 34 heavy (non-hydrogen) atoms. The third-order valence-electron chi connectivity index (χ3n) is 5.02. The molecule has 0 amide bonds. The molecule has 4 rings (SSSR count). The molecule has 0 radical (unpaired) electrons. The summed E-state index contributed by atoms with van der Waals surface area (Å²) in [7, 11) is -3.84. The van der Waals surface area contributed by atoms with Crippen LogP contribution in [0.25, 0.3) is 29.7 Å². The zero-order valence-electron chi connectivity index (χ0n) is 18.1. The maximum absolute atomic E-state index is 12.9. The summed E-state index contributed by atoms with van der Waals surface area (Å²) in [5.74, 6) is 0.595. The highest BCUT2D eigenvalue weighted by molar-refractivity contribution is 7.89. The lowest BCUT2D eigenvalue weighted by molar-refractivity contribution is 0.0526. The summed E-state index contributed by atoms with van der Waals surface area (Å²) in [5, 5.41) is 8.63. The van der Waals surface area contributed by atoms with Gasteiger partial charge in [0, 0.05) is 5.56 Å². The van der Waals surface area contributed by atoms with Crippen LogP contribution in [-0.4, -0.2) is 30.8 Å². The topological polar surface area (TPSA) is 137 Å². The summed E-state index contributed by atoms with van der Waals surface area (Å²) in [6.07, 6.45) is 1.56. The highest BCUT2D eigenvalue weighted by Crippen LogP contribution is 2.23. The smallest absolute Gasteiger partial charge is 0.338 e. The van der Waals surface area contributed by atoms with Crippen molar-refractivity contribution in [3.8, 4) is 17.0 Å². The van der Waals surface area contributed by atoms with Gasteiger partial charge in [0.25, 0.3) is 5.56 Å². The van der Waals surface area contributed by atoms with Gasteiger partial charge in [0.2, 0.25) is 10.0 Å². The van der Waals surface area contributed by atoms with E-state index >= 15 is 0 Å². The average molecular weight is 480 g/mol. The van der Waals surface area contributed by atoms with Crippen molar-refractivity contribution in [3.05, 3.63) is 92.9 Å². The zero-order valence-corrected chi connectivity index (χ0v) is 19.0. The van der Waals surface area contributed by atoms with Crippen molar-refractivity contribution >= 4 is 28.6 Å². The molecule has 2 aromatic carbocycles. The van der Waals surface area contributed by atoms with Crippen molar-refractivity contribution in [2.75, 3.05) is 6.61 Å². The molecule has 0 aliphatic heterocycles. The lowest BCUT2D eigenvalue weighted by Gasteiger charge is -2.02. The summed E-state index contributed by atoms with van der Waals surface area (Å²) >= 11 is 0. The second-order valence-corrected chi connectivity index (χ2v) is 8.89. The maximum atomic E-state index is 12.9. The number of esters is 1. The average Bonchev–Trinajstić information content (AvgIpc) is 3.39. The lowest BCUT2D eigenvalue weighted by atomic mass is 10.1. The molecular formula is C24H21N3O6S. The number of primary sulfonamides is 1. The van der Waals surface area contributed by atoms with E-state index in [1.165, 1.54) is 28.9 Å². The number of furan rings is 1. The van der Waals surface area contributed by atoms with Gasteiger partial charge in [-0.15, -0.1) is 0 Å². The lowest BCUT2D eigenvalue weighted by Crippen LogP contribution is -2.33. The molecule has 3 N–H and O–H groups in total. The second-order valence-electron chi connectivity index (χ2n) is 7.33. The third-order valence-corrected chi connectivity index (χ3v) is 5.95. The quantitative estimate of drug-likeness (QED) is 0.402. The minimum atomic E-state index is -3.84. The Labute approximate surface area is 194 Å². The van der Waals surface area contributed by atoms with Gasteiger partial charge in [0.15, 0.2) is 0 Å². The summed E-state index contributed by atoms with van der Waals surface area (Å²) < 4.78 is 35.0. The Morgan fingerprint density at radius 3 is 2.41 bits per heavy atom. The standard InChI is InChI=1S/C24H21N3O6S/c1-3-32-24(29)17-6-4-16(5-7-17)22-13-10-19(33-22)14-21-15(2)26-27(23(21)28)18-8-11-20(12-9-18)34(25,30)31/h4-14,26H,2-3H2,1H3,(H2,25,30,31)/b21-14+. The van der Waals surface area contributed by atoms with E-state index in [1.807, 2.05) is 0 Å². The van der Waals surface area contributed by atoms with Crippen LogP contribution in [0.3, 0.4) is 0 Å². The molecule has 174 valence electrons. The van der Waals surface area contributed by atoms with Crippen molar-refractivity contribution in [3.63, 3.8) is 0 Å². The van der Waals surface area contributed by atoms with Gasteiger partial charge in [-0.25, -0.2) is 23.0 Å². The first-order valence-electron chi connectivity index (χ1n) is 10.2. The van der Waals surface area contributed by atoms with Crippen LogP contribution >= 0.6 is 0 Å². The molecule has 0 bridgehead atoms. The Kier molecular flexibility index (Phi) is 6.10. The number of hydrogen-bond acceptors (Lipinski definition) is 6. The molecule has 2 aromatic heterocycles. The normalized spacial score (nSPS) is 12.1. The molecule has 2 heterocycles. The van der Waals surface area contributed by atoms with E-state index in [1.54, 1.807) is 49.4 Å². The Hall–Kier alpha value is -4.15.